The minimum Gasteiger partial charge on any atom is -0.323 e. The first-order valence-electron chi connectivity index (χ1n) is 9.37. The summed E-state index contributed by atoms with van der Waals surface area (Å²) in [5.74, 6) is -0.823. The van der Waals surface area contributed by atoms with Crippen LogP contribution in [0.3, 0.4) is 0 Å². The number of nitrogens with zero attached hydrogens (tertiary/aromatic N) is 2. The SMILES string of the molecule is O=C(NNC(=O)c1ccccc1-n1cccc1)c1cccc(N2CCCC2=O)c1. The van der Waals surface area contributed by atoms with Gasteiger partial charge in [0.2, 0.25) is 5.91 Å². The first kappa shape index (κ1) is 18.5. The van der Waals surface area contributed by atoms with E-state index in [1.165, 1.54) is 0 Å². The maximum absolute atomic E-state index is 12.6. The Morgan fingerprint density at radius 1 is 0.862 bits per heavy atom. The van der Waals surface area contributed by atoms with E-state index in [1.54, 1.807) is 41.3 Å². The van der Waals surface area contributed by atoms with Crippen LogP contribution in [0.1, 0.15) is 33.6 Å². The highest BCUT2D eigenvalue weighted by atomic mass is 16.2. The number of anilines is 1. The van der Waals surface area contributed by atoms with Crippen molar-refractivity contribution in [2.75, 3.05) is 11.4 Å². The van der Waals surface area contributed by atoms with E-state index >= 15 is 0 Å². The number of carbonyl (C=O) groups excluding carboxylic acids is 3. The Labute approximate surface area is 167 Å². The molecule has 4 rings (SSSR count). The van der Waals surface area contributed by atoms with Gasteiger partial charge in [-0.25, -0.2) is 0 Å². The highest BCUT2D eigenvalue weighted by molar-refractivity contribution is 6.02. The average Bonchev–Trinajstić information content (AvgIpc) is 3.44. The molecule has 0 atom stereocenters. The van der Waals surface area contributed by atoms with E-state index in [-0.39, 0.29) is 5.91 Å². The standard InChI is InChI=1S/C22H20N4O3/c27-20-11-6-14-26(20)17-8-5-7-16(15-17)21(28)23-24-22(29)18-9-1-2-10-19(18)25-12-3-4-13-25/h1-5,7-10,12-13,15H,6,11,14H2,(H,23,28)(H,24,29). The van der Waals surface area contributed by atoms with Crippen molar-refractivity contribution in [1.82, 2.24) is 15.4 Å². The van der Waals surface area contributed by atoms with Crippen molar-refractivity contribution in [3.05, 3.63) is 84.2 Å². The molecule has 1 fully saturated rings. The number of hydrogen-bond donors (Lipinski definition) is 2. The number of nitrogens with one attached hydrogen (secondary N) is 2. The van der Waals surface area contributed by atoms with E-state index in [0.29, 0.717) is 35.5 Å². The Balaban J connectivity index is 1.46. The van der Waals surface area contributed by atoms with Crippen LogP contribution in [0.15, 0.2) is 73.1 Å². The van der Waals surface area contributed by atoms with Gasteiger partial charge in [0.05, 0.1) is 11.3 Å². The third-order valence-electron chi connectivity index (χ3n) is 4.81. The summed E-state index contributed by atoms with van der Waals surface area (Å²) in [7, 11) is 0. The van der Waals surface area contributed by atoms with Crippen LogP contribution in [0, 0.1) is 0 Å². The molecule has 0 radical (unpaired) electrons. The highest BCUT2D eigenvalue weighted by Gasteiger charge is 2.22. The monoisotopic (exact) mass is 388 g/mol. The topological polar surface area (TPSA) is 83.4 Å². The predicted octanol–water partition coefficient (Wildman–Crippen LogP) is 2.68. The van der Waals surface area contributed by atoms with Crippen molar-refractivity contribution >= 4 is 23.4 Å². The van der Waals surface area contributed by atoms with Gasteiger partial charge in [-0.05, 0) is 48.9 Å². The summed E-state index contributed by atoms with van der Waals surface area (Å²) in [6.07, 6.45) is 5.02. The normalized spacial score (nSPS) is 13.4. The molecule has 29 heavy (non-hydrogen) atoms. The number of carbonyl (C=O) groups is 3. The molecule has 2 N–H and O–H groups in total. The first-order chi connectivity index (χ1) is 14.1. The Hall–Kier alpha value is -3.87. The van der Waals surface area contributed by atoms with Crippen molar-refractivity contribution in [3.63, 3.8) is 0 Å². The van der Waals surface area contributed by atoms with Crippen LogP contribution in [0.5, 0.6) is 0 Å². The number of aromatic nitrogens is 1. The van der Waals surface area contributed by atoms with Gasteiger partial charge in [0.1, 0.15) is 0 Å². The molecule has 1 aromatic heterocycles. The van der Waals surface area contributed by atoms with Crippen LogP contribution in [-0.4, -0.2) is 28.8 Å². The highest BCUT2D eigenvalue weighted by Crippen LogP contribution is 2.22. The molecule has 0 spiro atoms. The largest absolute Gasteiger partial charge is 0.323 e. The second-order valence-electron chi connectivity index (χ2n) is 6.71. The smallest absolute Gasteiger partial charge is 0.271 e. The number of hydrazine groups is 1. The molecule has 1 saturated heterocycles. The minimum atomic E-state index is -0.453. The van der Waals surface area contributed by atoms with Crippen LogP contribution in [-0.2, 0) is 4.79 Å². The summed E-state index contributed by atoms with van der Waals surface area (Å²) in [4.78, 5) is 38.7. The quantitative estimate of drug-likeness (QED) is 0.674. The molecule has 0 bridgehead atoms. The lowest BCUT2D eigenvalue weighted by Gasteiger charge is -2.16. The molecule has 146 valence electrons. The molecule has 2 aromatic carbocycles. The molecule has 3 amide bonds. The second kappa shape index (κ2) is 8.02. The van der Waals surface area contributed by atoms with E-state index in [9.17, 15) is 14.4 Å². The molecule has 2 heterocycles. The van der Waals surface area contributed by atoms with Gasteiger partial charge >= 0.3 is 0 Å². The van der Waals surface area contributed by atoms with Crippen LogP contribution in [0.4, 0.5) is 5.69 Å². The Bertz CT molecular complexity index is 1060. The first-order valence-corrected chi connectivity index (χ1v) is 9.37. The summed E-state index contributed by atoms with van der Waals surface area (Å²) in [5, 5.41) is 0. The zero-order chi connectivity index (χ0) is 20.2. The van der Waals surface area contributed by atoms with Crippen molar-refractivity contribution in [2.45, 2.75) is 12.8 Å². The summed E-state index contributed by atoms with van der Waals surface area (Å²) < 4.78 is 1.83. The maximum atomic E-state index is 12.6. The van der Waals surface area contributed by atoms with E-state index < -0.39 is 11.8 Å². The van der Waals surface area contributed by atoms with Crippen LogP contribution in [0.25, 0.3) is 5.69 Å². The average molecular weight is 388 g/mol. The van der Waals surface area contributed by atoms with Crippen LogP contribution < -0.4 is 15.8 Å². The fourth-order valence-corrected chi connectivity index (χ4v) is 3.38. The van der Waals surface area contributed by atoms with Gasteiger partial charge in [-0.3, -0.25) is 25.2 Å². The fourth-order valence-electron chi connectivity index (χ4n) is 3.38. The van der Waals surface area contributed by atoms with Gasteiger partial charge in [0.15, 0.2) is 0 Å². The molecular weight excluding hydrogens is 368 g/mol. The number of benzene rings is 2. The van der Waals surface area contributed by atoms with Gasteiger partial charge in [-0.1, -0.05) is 18.2 Å². The van der Waals surface area contributed by atoms with Gasteiger partial charge < -0.3 is 9.47 Å². The lowest BCUT2D eigenvalue weighted by molar-refractivity contribution is -0.117. The molecule has 1 aliphatic rings. The molecule has 3 aromatic rings. The van der Waals surface area contributed by atoms with Gasteiger partial charge in [0, 0.05) is 36.6 Å². The molecule has 0 aliphatic carbocycles. The van der Waals surface area contributed by atoms with Gasteiger partial charge in [-0.15, -0.1) is 0 Å². The fraction of sp³-hybridized carbons (Fsp3) is 0.136. The summed E-state index contributed by atoms with van der Waals surface area (Å²) in [6, 6.07) is 17.7. The lowest BCUT2D eigenvalue weighted by Crippen LogP contribution is -2.42. The van der Waals surface area contributed by atoms with E-state index in [4.69, 9.17) is 0 Å². The van der Waals surface area contributed by atoms with Gasteiger partial charge in [-0.2, -0.15) is 0 Å². The van der Waals surface area contributed by atoms with Crippen molar-refractivity contribution < 1.29 is 14.4 Å². The predicted molar refractivity (Wildman–Crippen MR) is 109 cm³/mol. The molecule has 0 unspecified atom stereocenters. The lowest BCUT2D eigenvalue weighted by atomic mass is 10.1. The number of amides is 3. The van der Waals surface area contributed by atoms with E-state index in [1.807, 2.05) is 41.2 Å². The summed E-state index contributed by atoms with van der Waals surface area (Å²) >= 11 is 0. The third kappa shape index (κ3) is 3.89. The Morgan fingerprint density at radius 2 is 1.62 bits per heavy atom. The second-order valence-corrected chi connectivity index (χ2v) is 6.71. The van der Waals surface area contributed by atoms with Crippen molar-refractivity contribution in [3.8, 4) is 5.69 Å². The molecular formula is C22H20N4O3. The minimum absolute atomic E-state index is 0.0532. The third-order valence-corrected chi connectivity index (χ3v) is 4.81. The van der Waals surface area contributed by atoms with E-state index in [2.05, 4.69) is 10.9 Å². The van der Waals surface area contributed by atoms with Gasteiger partial charge in [0.25, 0.3) is 11.8 Å². The zero-order valence-corrected chi connectivity index (χ0v) is 15.7. The van der Waals surface area contributed by atoms with Crippen LogP contribution >= 0.6 is 0 Å². The summed E-state index contributed by atoms with van der Waals surface area (Å²) in [5.41, 5.74) is 7.10. The van der Waals surface area contributed by atoms with E-state index in [0.717, 1.165) is 6.42 Å². The molecule has 7 nitrogen and oxygen atoms in total. The number of para-hydroxylation sites is 1. The maximum Gasteiger partial charge on any atom is 0.271 e. The Kier molecular flexibility index (Phi) is 5.11. The van der Waals surface area contributed by atoms with Crippen molar-refractivity contribution in [2.24, 2.45) is 0 Å². The number of hydrogen-bond acceptors (Lipinski definition) is 3. The Morgan fingerprint density at radius 3 is 2.38 bits per heavy atom. The zero-order valence-electron chi connectivity index (χ0n) is 15.7. The molecule has 7 heteroatoms. The van der Waals surface area contributed by atoms with Crippen molar-refractivity contribution in [1.29, 1.82) is 0 Å². The molecule has 0 saturated carbocycles. The number of rotatable bonds is 4. The summed E-state index contributed by atoms with van der Waals surface area (Å²) in [6.45, 7) is 0.650. The van der Waals surface area contributed by atoms with Crippen LogP contribution in [0.2, 0.25) is 0 Å². The molecule has 1 aliphatic heterocycles.